The summed E-state index contributed by atoms with van der Waals surface area (Å²) in [7, 11) is 0. The van der Waals surface area contributed by atoms with Gasteiger partial charge in [-0.15, -0.1) is 0 Å². The molecule has 0 unspecified atom stereocenters. The van der Waals surface area contributed by atoms with Gasteiger partial charge in [-0.1, -0.05) is 12.1 Å². The molecule has 0 radical (unpaired) electrons. The largest absolute Gasteiger partial charge is 0.459 e. The molecule has 3 aromatic rings. The van der Waals surface area contributed by atoms with Crippen LogP contribution < -0.4 is 10.6 Å². The highest BCUT2D eigenvalue weighted by molar-refractivity contribution is 14.1. The molecule has 2 amide bonds. The quantitative estimate of drug-likeness (QED) is 0.581. The van der Waals surface area contributed by atoms with Gasteiger partial charge in [0.15, 0.2) is 5.76 Å². The molecule has 2 N–H and O–H groups in total. The molecular weight excluding hydrogens is 431 g/mol. The highest BCUT2D eigenvalue weighted by Gasteiger charge is 2.09. The van der Waals surface area contributed by atoms with Gasteiger partial charge in [0.25, 0.3) is 11.8 Å². The molecular formula is C19H15IN2O3. The van der Waals surface area contributed by atoms with Crippen LogP contribution in [-0.2, 0) is 6.54 Å². The van der Waals surface area contributed by atoms with Gasteiger partial charge in [0, 0.05) is 21.4 Å². The van der Waals surface area contributed by atoms with Crippen molar-refractivity contribution in [3.8, 4) is 0 Å². The number of hydrogen-bond donors (Lipinski definition) is 2. The minimum atomic E-state index is -0.315. The van der Waals surface area contributed by atoms with Gasteiger partial charge in [0.2, 0.25) is 0 Å². The van der Waals surface area contributed by atoms with E-state index in [4.69, 9.17) is 4.42 Å². The fraction of sp³-hybridized carbons (Fsp3) is 0.0526. The molecule has 0 saturated carbocycles. The first-order valence-electron chi connectivity index (χ1n) is 7.59. The van der Waals surface area contributed by atoms with Crippen molar-refractivity contribution in [2.75, 3.05) is 5.32 Å². The molecule has 0 fully saturated rings. The van der Waals surface area contributed by atoms with E-state index in [1.807, 2.05) is 30.3 Å². The van der Waals surface area contributed by atoms with E-state index < -0.39 is 0 Å². The van der Waals surface area contributed by atoms with E-state index in [2.05, 4.69) is 33.2 Å². The van der Waals surface area contributed by atoms with E-state index in [1.165, 1.54) is 6.26 Å². The Hall–Kier alpha value is -2.61. The molecule has 25 heavy (non-hydrogen) atoms. The highest BCUT2D eigenvalue weighted by atomic mass is 127. The van der Waals surface area contributed by atoms with Crippen LogP contribution in [-0.4, -0.2) is 11.8 Å². The number of benzene rings is 2. The van der Waals surface area contributed by atoms with Crippen molar-refractivity contribution < 1.29 is 14.0 Å². The van der Waals surface area contributed by atoms with Crippen molar-refractivity contribution in [3.05, 3.63) is 87.4 Å². The Balaban J connectivity index is 1.60. The third kappa shape index (κ3) is 4.69. The van der Waals surface area contributed by atoms with E-state index >= 15 is 0 Å². The van der Waals surface area contributed by atoms with Crippen LogP contribution in [0.25, 0.3) is 0 Å². The number of amides is 2. The molecule has 0 atom stereocenters. The second-order valence-corrected chi connectivity index (χ2v) is 6.57. The monoisotopic (exact) mass is 446 g/mol. The van der Waals surface area contributed by atoms with E-state index in [0.717, 1.165) is 9.13 Å². The Morgan fingerprint density at radius 2 is 1.76 bits per heavy atom. The van der Waals surface area contributed by atoms with Crippen molar-refractivity contribution in [2.24, 2.45) is 0 Å². The summed E-state index contributed by atoms with van der Waals surface area (Å²) in [5.41, 5.74) is 2.14. The first kappa shape index (κ1) is 17.2. The third-order valence-corrected chi connectivity index (χ3v) is 4.21. The molecule has 0 aliphatic carbocycles. The minimum Gasteiger partial charge on any atom is -0.459 e. The number of rotatable bonds is 5. The van der Waals surface area contributed by atoms with E-state index in [-0.39, 0.29) is 17.6 Å². The second-order valence-electron chi connectivity index (χ2n) is 5.32. The Morgan fingerprint density at radius 1 is 0.960 bits per heavy atom. The minimum absolute atomic E-state index is 0.138. The third-order valence-electron chi connectivity index (χ3n) is 3.49. The van der Waals surface area contributed by atoms with Gasteiger partial charge in [0.05, 0.1) is 6.26 Å². The maximum absolute atomic E-state index is 12.2. The molecule has 1 heterocycles. The standard InChI is InChI=1S/C19H15IN2O3/c20-15-8-6-14(7-9-15)18(23)21-12-13-3-1-4-16(11-13)22-19(24)17-5-2-10-25-17/h1-11H,12H2,(H,21,23)(H,22,24). The lowest BCUT2D eigenvalue weighted by molar-refractivity contribution is 0.0949. The smallest absolute Gasteiger partial charge is 0.291 e. The average molecular weight is 446 g/mol. The van der Waals surface area contributed by atoms with Crippen molar-refractivity contribution in [3.63, 3.8) is 0 Å². The Labute approximate surface area is 158 Å². The van der Waals surface area contributed by atoms with Gasteiger partial charge in [-0.25, -0.2) is 0 Å². The molecule has 3 rings (SSSR count). The first-order valence-corrected chi connectivity index (χ1v) is 8.67. The fourth-order valence-electron chi connectivity index (χ4n) is 2.25. The van der Waals surface area contributed by atoms with Crippen LogP contribution in [0.2, 0.25) is 0 Å². The molecule has 2 aromatic carbocycles. The first-order chi connectivity index (χ1) is 12.1. The van der Waals surface area contributed by atoms with Crippen molar-refractivity contribution in [1.82, 2.24) is 5.32 Å². The van der Waals surface area contributed by atoms with Gasteiger partial charge < -0.3 is 15.1 Å². The zero-order valence-corrected chi connectivity index (χ0v) is 15.3. The van der Waals surface area contributed by atoms with Crippen LogP contribution in [0, 0.1) is 3.57 Å². The zero-order valence-electron chi connectivity index (χ0n) is 13.2. The lowest BCUT2D eigenvalue weighted by atomic mass is 10.1. The number of furan rings is 1. The van der Waals surface area contributed by atoms with E-state index in [0.29, 0.717) is 17.8 Å². The predicted molar refractivity (Wildman–Crippen MR) is 103 cm³/mol. The summed E-state index contributed by atoms with van der Waals surface area (Å²) in [6.45, 7) is 0.370. The van der Waals surface area contributed by atoms with Gasteiger partial charge in [-0.05, 0) is 76.7 Å². The topological polar surface area (TPSA) is 71.3 Å². The maximum Gasteiger partial charge on any atom is 0.291 e. The Morgan fingerprint density at radius 3 is 2.48 bits per heavy atom. The van der Waals surface area contributed by atoms with Crippen LogP contribution in [0.4, 0.5) is 5.69 Å². The number of hydrogen-bond acceptors (Lipinski definition) is 3. The summed E-state index contributed by atoms with van der Waals surface area (Å²) in [5.74, 6) is -0.205. The zero-order chi connectivity index (χ0) is 17.6. The molecule has 6 heteroatoms. The predicted octanol–water partition coefficient (Wildman–Crippen LogP) is 4.07. The van der Waals surface area contributed by atoms with Crippen LogP contribution in [0.3, 0.4) is 0 Å². The highest BCUT2D eigenvalue weighted by Crippen LogP contribution is 2.13. The molecule has 0 aliphatic rings. The van der Waals surface area contributed by atoms with Gasteiger partial charge >= 0.3 is 0 Å². The molecule has 1 aromatic heterocycles. The van der Waals surface area contributed by atoms with E-state index in [1.54, 1.807) is 30.3 Å². The number of nitrogens with one attached hydrogen (secondary N) is 2. The van der Waals surface area contributed by atoms with Crippen LogP contribution >= 0.6 is 22.6 Å². The summed E-state index contributed by atoms with van der Waals surface area (Å²) < 4.78 is 6.14. The second kappa shape index (κ2) is 7.98. The maximum atomic E-state index is 12.2. The SMILES string of the molecule is O=C(NCc1cccc(NC(=O)c2ccco2)c1)c1ccc(I)cc1. The molecule has 5 nitrogen and oxygen atoms in total. The van der Waals surface area contributed by atoms with Gasteiger partial charge in [0.1, 0.15) is 0 Å². The summed E-state index contributed by atoms with van der Waals surface area (Å²) in [5, 5.41) is 5.63. The van der Waals surface area contributed by atoms with Crippen molar-refractivity contribution in [2.45, 2.75) is 6.54 Å². The molecule has 126 valence electrons. The number of carbonyl (C=O) groups excluding carboxylic acids is 2. The molecule has 0 bridgehead atoms. The normalized spacial score (nSPS) is 10.3. The summed E-state index contributed by atoms with van der Waals surface area (Å²) in [6, 6.07) is 17.9. The fourth-order valence-corrected chi connectivity index (χ4v) is 2.60. The molecule has 0 saturated heterocycles. The lowest BCUT2D eigenvalue weighted by Gasteiger charge is -2.08. The van der Waals surface area contributed by atoms with Crippen LogP contribution in [0.15, 0.2) is 71.3 Å². The summed E-state index contributed by atoms with van der Waals surface area (Å²) >= 11 is 2.19. The van der Waals surface area contributed by atoms with E-state index in [9.17, 15) is 9.59 Å². The van der Waals surface area contributed by atoms with Crippen molar-refractivity contribution in [1.29, 1.82) is 0 Å². The molecule has 0 aliphatic heterocycles. The van der Waals surface area contributed by atoms with Gasteiger partial charge in [-0.2, -0.15) is 0 Å². The number of halogens is 1. The Bertz CT molecular complexity index is 874. The summed E-state index contributed by atoms with van der Waals surface area (Å²) in [4.78, 5) is 24.1. The van der Waals surface area contributed by atoms with Crippen molar-refractivity contribution >= 4 is 40.1 Å². The summed E-state index contributed by atoms with van der Waals surface area (Å²) in [6.07, 6.45) is 1.45. The lowest BCUT2D eigenvalue weighted by Crippen LogP contribution is -2.22. The Kier molecular flexibility index (Phi) is 5.49. The number of carbonyl (C=O) groups is 2. The average Bonchev–Trinajstić information content (AvgIpc) is 3.15. The number of anilines is 1. The molecule has 0 spiro atoms. The van der Waals surface area contributed by atoms with Gasteiger partial charge in [-0.3, -0.25) is 9.59 Å². The van der Waals surface area contributed by atoms with Crippen LogP contribution in [0.5, 0.6) is 0 Å². The van der Waals surface area contributed by atoms with Crippen LogP contribution in [0.1, 0.15) is 26.5 Å².